The molecular weight excluding hydrogens is 662 g/mol. The van der Waals surface area contributed by atoms with Gasteiger partial charge in [0.2, 0.25) is 23.6 Å². The third-order valence-electron chi connectivity index (χ3n) is 8.72. The Labute approximate surface area is 306 Å². The van der Waals surface area contributed by atoms with E-state index in [1.807, 2.05) is 68.4 Å². The number of rotatable bonds is 10. The maximum Gasteiger partial charge on any atom is 0.255 e. The van der Waals surface area contributed by atoms with Crippen molar-refractivity contribution in [2.45, 2.75) is 70.5 Å². The normalized spacial score (nSPS) is 19.2. The lowest BCUT2D eigenvalue weighted by Crippen LogP contribution is -2.52. The lowest BCUT2D eigenvalue weighted by atomic mass is 10.0. The van der Waals surface area contributed by atoms with Crippen molar-refractivity contribution >= 4 is 29.5 Å². The third-order valence-corrected chi connectivity index (χ3v) is 8.72. The number of aryl methyl sites for hydroxylation is 1. The molecule has 0 aromatic heterocycles. The first-order chi connectivity index (χ1) is 25.0. The van der Waals surface area contributed by atoms with Crippen LogP contribution in [0.4, 0.5) is 0 Å². The SMILES string of the molecule is COc1cccc(CCCNC(=O)[C@@H]2CCC(=O)N[C@@H](Cc3ccccc3)C(=O)N(C)CC(=O)N[C@@H](CC(C)C)COc3ccccc3C(=O)N2)c1. The number of fused-ring (bicyclic) bond motifs is 1. The summed E-state index contributed by atoms with van der Waals surface area (Å²) >= 11 is 0. The van der Waals surface area contributed by atoms with E-state index >= 15 is 0 Å². The minimum absolute atomic E-state index is 0.0245. The minimum Gasteiger partial charge on any atom is -0.497 e. The van der Waals surface area contributed by atoms with Gasteiger partial charge in [-0.1, -0.05) is 68.4 Å². The van der Waals surface area contributed by atoms with Gasteiger partial charge in [-0.15, -0.1) is 0 Å². The molecule has 0 saturated heterocycles. The van der Waals surface area contributed by atoms with Gasteiger partial charge in [0.1, 0.15) is 30.2 Å². The van der Waals surface area contributed by atoms with Crippen LogP contribution in [0.1, 0.15) is 61.0 Å². The van der Waals surface area contributed by atoms with Crippen LogP contribution in [0.5, 0.6) is 11.5 Å². The number of methoxy groups -OCH3 is 1. The van der Waals surface area contributed by atoms with Gasteiger partial charge in [0.15, 0.2) is 0 Å². The molecule has 0 aliphatic carbocycles. The van der Waals surface area contributed by atoms with Crippen molar-refractivity contribution in [3.63, 3.8) is 0 Å². The largest absolute Gasteiger partial charge is 0.497 e. The minimum atomic E-state index is -1.05. The van der Waals surface area contributed by atoms with E-state index in [9.17, 15) is 24.0 Å². The number of nitrogens with one attached hydrogen (secondary N) is 4. The van der Waals surface area contributed by atoms with Crippen molar-refractivity contribution in [1.82, 2.24) is 26.2 Å². The van der Waals surface area contributed by atoms with Crippen molar-refractivity contribution in [2.24, 2.45) is 5.92 Å². The second kappa shape index (κ2) is 19.9. The van der Waals surface area contributed by atoms with Crippen LogP contribution in [0.3, 0.4) is 0 Å². The Morgan fingerprint density at radius 3 is 2.40 bits per heavy atom. The highest BCUT2D eigenvalue weighted by Crippen LogP contribution is 2.20. The van der Waals surface area contributed by atoms with Crippen LogP contribution in [0.2, 0.25) is 0 Å². The molecule has 12 heteroatoms. The average molecular weight is 714 g/mol. The van der Waals surface area contributed by atoms with Gasteiger partial charge in [-0.2, -0.15) is 0 Å². The summed E-state index contributed by atoms with van der Waals surface area (Å²) in [6, 6.07) is 21.2. The summed E-state index contributed by atoms with van der Waals surface area (Å²) in [4.78, 5) is 68.9. The number of benzene rings is 3. The van der Waals surface area contributed by atoms with Gasteiger partial charge >= 0.3 is 0 Å². The number of nitrogens with zero attached hydrogens (tertiary/aromatic N) is 1. The van der Waals surface area contributed by atoms with Crippen molar-refractivity contribution in [1.29, 1.82) is 0 Å². The van der Waals surface area contributed by atoms with E-state index in [2.05, 4.69) is 21.3 Å². The summed E-state index contributed by atoms with van der Waals surface area (Å²) in [5, 5.41) is 11.5. The fourth-order valence-corrected chi connectivity index (χ4v) is 6.09. The van der Waals surface area contributed by atoms with Crippen LogP contribution in [-0.2, 0) is 32.0 Å². The number of para-hydroxylation sites is 1. The zero-order valence-corrected chi connectivity index (χ0v) is 30.5. The number of likely N-dealkylation sites (N-methyl/N-ethyl adjacent to an activating group) is 1. The molecule has 1 aliphatic heterocycles. The van der Waals surface area contributed by atoms with E-state index in [1.54, 1.807) is 31.4 Å². The summed E-state index contributed by atoms with van der Waals surface area (Å²) in [6.45, 7) is 4.24. The molecule has 3 aromatic carbocycles. The quantitative estimate of drug-likeness (QED) is 0.235. The summed E-state index contributed by atoms with van der Waals surface area (Å²) in [7, 11) is 3.14. The summed E-state index contributed by atoms with van der Waals surface area (Å²) in [6.07, 6.45) is 1.95. The average Bonchev–Trinajstić information content (AvgIpc) is 3.13. The Morgan fingerprint density at radius 1 is 0.923 bits per heavy atom. The first-order valence-electron chi connectivity index (χ1n) is 17.8. The van der Waals surface area contributed by atoms with Crippen LogP contribution in [0.15, 0.2) is 78.9 Å². The van der Waals surface area contributed by atoms with Crippen LogP contribution >= 0.6 is 0 Å². The van der Waals surface area contributed by atoms with Gasteiger partial charge < -0.3 is 35.6 Å². The molecule has 5 amide bonds. The maximum atomic E-state index is 13.7. The molecule has 3 aromatic rings. The first-order valence-corrected chi connectivity index (χ1v) is 17.8. The molecule has 1 aliphatic rings. The van der Waals surface area contributed by atoms with Gasteiger partial charge in [0, 0.05) is 26.4 Å². The van der Waals surface area contributed by atoms with Crippen molar-refractivity contribution in [2.75, 3.05) is 33.9 Å². The molecule has 4 rings (SSSR count). The van der Waals surface area contributed by atoms with Crippen molar-refractivity contribution in [3.05, 3.63) is 95.6 Å². The Bertz CT molecular complexity index is 1660. The molecule has 12 nitrogen and oxygen atoms in total. The predicted octanol–water partition coefficient (Wildman–Crippen LogP) is 3.43. The van der Waals surface area contributed by atoms with E-state index in [1.165, 1.54) is 11.9 Å². The molecule has 0 bridgehead atoms. The van der Waals surface area contributed by atoms with E-state index in [4.69, 9.17) is 9.47 Å². The Balaban J connectivity index is 1.57. The van der Waals surface area contributed by atoms with Gasteiger partial charge in [-0.05, 0) is 67.0 Å². The standard InChI is InChI=1S/C40H51N5O7/c1-27(2)22-30-26-52-35-18-9-8-17-32(35)38(48)44-33(39(49)41-21-11-15-28-14-10-16-31(23-28)51-4)19-20-36(46)43-34(24-29-12-6-5-7-13-29)40(50)45(3)25-37(47)42-30/h5-10,12-14,16-18,23,27,30,33-34H,11,15,19-22,24-26H2,1-4H3,(H,41,49)(H,42,47)(H,43,46)(H,44,48)/t30-,33-,34-/m0/s1. The van der Waals surface area contributed by atoms with Gasteiger partial charge in [0.25, 0.3) is 5.91 Å². The smallest absolute Gasteiger partial charge is 0.255 e. The van der Waals surface area contributed by atoms with Gasteiger partial charge in [-0.25, -0.2) is 0 Å². The molecule has 3 atom stereocenters. The predicted molar refractivity (Wildman–Crippen MR) is 198 cm³/mol. The zero-order valence-electron chi connectivity index (χ0n) is 30.5. The Kier molecular flexibility index (Phi) is 15.0. The number of amides is 5. The number of carbonyl (C=O) groups excluding carboxylic acids is 5. The number of ether oxygens (including phenoxy) is 2. The van der Waals surface area contributed by atoms with Crippen molar-refractivity contribution < 1.29 is 33.4 Å². The molecule has 0 fully saturated rings. The zero-order chi connectivity index (χ0) is 37.5. The van der Waals surface area contributed by atoms with E-state index in [-0.39, 0.29) is 55.6 Å². The molecule has 0 spiro atoms. The van der Waals surface area contributed by atoms with E-state index in [0.717, 1.165) is 16.9 Å². The fraction of sp³-hybridized carbons (Fsp3) is 0.425. The highest BCUT2D eigenvalue weighted by atomic mass is 16.5. The topological polar surface area (TPSA) is 155 Å². The van der Waals surface area contributed by atoms with Crippen LogP contribution < -0.4 is 30.7 Å². The number of hydrogen-bond acceptors (Lipinski definition) is 7. The molecule has 0 radical (unpaired) electrons. The van der Waals surface area contributed by atoms with Crippen LogP contribution in [-0.4, -0.2) is 86.4 Å². The third kappa shape index (κ3) is 12.4. The second-order valence-electron chi connectivity index (χ2n) is 13.5. The molecule has 278 valence electrons. The molecule has 1 heterocycles. The summed E-state index contributed by atoms with van der Waals surface area (Å²) in [5.41, 5.74) is 2.10. The van der Waals surface area contributed by atoms with Crippen LogP contribution in [0.25, 0.3) is 0 Å². The van der Waals surface area contributed by atoms with Gasteiger partial charge in [-0.3, -0.25) is 24.0 Å². The van der Waals surface area contributed by atoms with Crippen LogP contribution in [0, 0.1) is 5.92 Å². The number of carbonyl (C=O) groups is 5. The summed E-state index contributed by atoms with van der Waals surface area (Å²) in [5.74, 6) is -1.01. The van der Waals surface area contributed by atoms with Gasteiger partial charge in [0.05, 0.1) is 25.3 Å². The molecule has 4 N–H and O–H groups in total. The molecule has 0 saturated carbocycles. The lowest BCUT2D eigenvalue weighted by molar-refractivity contribution is -0.138. The van der Waals surface area contributed by atoms with E-state index < -0.39 is 41.8 Å². The second-order valence-corrected chi connectivity index (χ2v) is 13.5. The Hall–Kier alpha value is -5.39. The lowest BCUT2D eigenvalue weighted by Gasteiger charge is -2.27. The number of hydrogen-bond donors (Lipinski definition) is 4. The fourth-order valence-electron chi connectivity index (χ4n) is 6.09. The molecular formula is C40H51N5O7. The highest BCUT2D eigenvalue weighted by Gasteiger charge is 2.29. The van der Waals surface area contributed by atoms with Crippen molar-refractivity contribution in [3.8, 4) is 11.5 Å². The monoisotopic (exact) mass is 713 g/mol. The molecule has 52 heavy (non-hydrogen) atoms. The summed E-state index contributed by atoms with van der Waals surface area (Å²) < 4.78 is 11.4. The maximum absolute atomic E-state index is 13.7. The molecule has 0 unspecified atom stereocenters. The first kappa shape index (κ1) is 39.4. The highest BCUT2D eigenvalue weighted by molar-refractivity contribution is 6.00. The van der Waals surface area contributed by atoms with E-state index in [0.29, 0.717) is 25.8 Å². The Morgan fingerprint density at radius 2 is 1.65 bits per heavy atom.